The van der Waals surface area contributed by atoms with Gasteiger partial charge in [0.1, 0.15) is 5.82 Å². The molecular weight excluding hydrogens is 431 g/mol. The molecule has 2 aromatic heterocycles. The summed E-state index contributed by atoms with van der Waals surface area (Å²) in [6.07, 6.45) is 10.1. The fourth-order valence-electron chi connectivity index (χ4n) is 4.90. The normalized spacial score (nSPS) is 17.6. The molecule has 9 heteroatoms. The van der Waals surface area contributed by atoms with Crippen molar-refractivity contribution in [2.75, 3.05) is 43.9 Å². The SMILES string of the molecule is CN1CCCN(c2ccc(Cc3nc(N)n(-c4ncc5c(n4)CCCCCC5)n3)cc2F)CC1. The van der Waals surface area contributed by atoms with Crippen molar-refractivity contribution in [2.24, 2.45) is 0 Å². The van der Waals surface area contributed by atoms with Crippen molar-refractivity contribution in [3.8, 4) is 5.95 Å². The smallest absolute Gasteiger partial charge is 0.254 e. The number of halogens is 1. The van der Waals surface area contributed by atoms with Gasteiger partial charge in [0.25, 0.3) is 5.95 Å². The second kappa shape index (κ2) is 10.0. The van der Waals surface area contributed by atoms with Crippen LogP contribution in [0.2, 0.25) is 0 Å². The van der Waals surface area contributed by atoms with Gasteiger partial charge >= 0.3 is 0 Å². The van der Waals surface area contributed by atoms with Gasteiger partial charge in [-0.05, 0) is 69.0 Å². The minimum atomic E-state index is -0.209. The molecule has 3 heterocycles. The summed E-state index contributed by atoms with van der Waals surface area (Å²) < 4.78 is 16.5. The maximum absolute atomic E-state index is 15.0. The lowest BCUT2D eigenvalue weighted by Crippen LogP contribution is -2.29. The molecule has 1 saturated heterocycles. The molecule has 0 bridgehead atoms. The number of anilines is 2. The first-order valence-electron chi connectivity index (χ1n) is 12.4. The van der Waals surface area contributed by atoms with Crippen LogP contribution in [-0.4, -0.2) is 62.9 Å². The Hall–Kier alpha value is -3.07. The number of nitrogen functional groups attached to an aromatic ring is 1. The van der Waals surface area contributed by atoms with E-state index >= 15 is 0 Å². The van der Waals surface area contributed by atoms with Gasteiger partial charge in [0.05, 0.1) is 5.69 Å². The first kappa shape index (κ1) is 22.7. The number of fused-ring (bicyclic) bond motifs is 1. The topological polar surface area (TPSA) is 89.0 Å². The first-order chi connectivity index (χ1) is 16.6. The Kier molecular flexibility index (Phi) is 6.71. The molecular formula is C25H33FN8. The lowest BCUT2D eigenvalue weighted by Gasteiger charge is -2.23. The molecule has 0 unspecified atom stereocenters. The van der Waals surface area contributed by atoms with E-state index in [0.29, 0.717) is 23.9 Å². The predicted octanol–water partition coefficient (Wildman–Crippen LogP) is 3.17. The van der Waals surface area contributed by atoms with Gasteiger partial charge in [-0.15, -0.1) is 5.10 Å². The largest absolute Gasteiger partial charge is 0.368 e. The maximum atomic E-state index is 15.0. The molecule has 0 amide bonds. The van der Waals surface area contributed by atoms with E-state index in [-0.39, 0.29) is 11.8 Å². The van der Waals surface area contributed by atoms with Gasteiger partial charge in [-0.25, -0.2) is 14.4 Å². The van der Waals surface area contributed by atoms with Crippen molar-refractivity contribution in [3.05, 3.63) is 52.9 Å². The molecule has 0 atom stereocenters. The average molecular weight is 465 g/mol. The summed E-state index contributed by atoms with van der Waals surface area (Å²) in [6.45, 7) is 3.67. The lowest BCUT2D eigenvalue weighted by atomic mass is 9.98. The van der Waals surface area contributed by atoms with Crippen molar-refractivity contribution in [1.29, 1.82) is 0 Å². The summed E-state index contributed by atoms with van der Waals surface area (Å²) >= 11 is 0. The van der Waals surface area contributed by atoms with E-state index < -0.39 is 0 Å². The molecule has 34 heavy (non-hydrogen) atoms. The Labute approximate surface area is 200 Å². The number of hydrogen-bond donors (Lipinski definition) is 1. The number of aryl methyl sites for hydroxylation is 2. The van der Waals surface area contributed by atoms with Gasteiger partial charge in [0, 0.05) is 37.9 Å². The van der Waals surface area contributed by atoms with E-state index in [1.165, 1.54) is 29.5 Å². The van der Waals surface area contributed by atoms with Gasteiger partial charge in [-0.1, -0.05) is 18.9 Å². The van der Waals surface area contributed by atoms with Crippen LogP contribution in [-0.2, 0) is 19.3 Å². The number of nitrogens with two attached hydrogens (primary N) is 1. The second-order valence-corrected chi connectivity index (χ2v) is 9.46. The lowest BCUT2D eigenvalue weighted by molar-refractivity contribution is 0.360. The van der Waals surface area contributed by atoms with Crippen molar-refractivity contribution in [1.82, 2.24) is 29.6 Å². The molecule has 5 rings (SSSR count). The molecule has 180 valence electrons. The van der Waals surface area contributed by atoms with Gasteiger partial charge in [0.15, 0.2) is 5.82 Å². The van der Waals surface area contributed by atoms with Crippen LogP contribution in [0.3, 0.4) is 0 Å². The molecule has 1 aliphatic carbocycles. The van der Waals surface area contributed by atoms with Gasteiger partial charge < -0.3 is 15.5 Å². The Morgan fingerprint density at radius 2 is 1.82 bits per heavy atom. The molecule has 3 aromatic rings. The minimum Gasteiger partial charge on any atom is -0.368 e. The highest BCUT2D eigenvalue weighted by Crippen LogP contribution is 2.24. The van der Waals surface area contributed by atoms with Gasteiger partial charge in [0.2, 0.25) is 5.95 Å². The van der Waals surface area contributed by atoms with Crippen molar-refractivity contribution in [2.45, 2.75) is 51.4 Å². The zero-order valence-electron chi connectivity index (χ0n) is 19.9. The van der Waals surface area contributed by atoms with Crippen LogP contribution in [0.5, 0.6) is 0 Å². The third kappa shape index (κ3) is 5.04. The van der Waals surface area contributed by atoms with E-state index in [0.717, 1.165) is 63.1 Å². The van der Waals surface area contributed by atoms with Crippen LogP contribution in [0.1, 0.15) is 54.7 Å². The number of hydrogen-bond acceptors (Lipinski definition) is 7. The fourth-order valence-corrected chi connectivity index (χ4v) is 4.90. The average Bonchev–Trinajstić information content (AvgIpc) is 3.02. The van der Waals surface area contributed by atoms with Gasteiger partial charge in [-0.2, -0.15) is 9.67 Å². The quantitative estimate of drug-likeness (QED) is 0.634. The standard InChI is InChI=1S/C25H33FN8/c1-32-11-6-12-33(14-13-32)22-10-9-18(15-20(22)26)16-23-30-24(27)34(31-23)25-28-17-19-7-4-2-3-5-8-21(19)29-25/h9-10,15,17H,2-8,11-14,16H2,1H3,(H2,27,30,31). The third-order valence-corrected chi connectivity index (χ3v) is 6.85. The Bertz CT molecular complexity index is 1140. The predicted molar refractivity (Wildman–Crippen MR) is 131 cm³/mol. The molecule has 0 saturated carbocycles. The number of nitrogens with zero attached hydrogens (tertiary/aromatic N) is 7. The van der Waals surface area contributed by atoms with Crippen molar-refractivity contribution in [3.63, 3.8) is 0 Å². The summed E-state index contributed by atoms with van der Waals surface area (Å²) in [5.74, 6) is 1.01. The van der Waals surface area contributed by atoms with E-state index in [2.05, 4.69) is 31.9 Å². The van der Waals surface area contributed by atoms with E-state index in [9.17, 15) is 4.39 Å². The van der Waals surface area contributed by atoms with Crippen molar-refractivity contribution < 1.29 is 4.39 Å². The molecule has 2 N–H and O–H groups in total. The summed E-state index contributed by atoms with van der Waals surface area (Å²) in [5, 5.41) is 4.55. The van der Waals surface area contributed by atoms with Gasteiger partial charge in [-0.3, -0.25) is 0 Å². The highest BCUT2D eigenvalue weighted by molar-refractivity contribution is 5.50. The Morgan fingerprint density at radius 1 is 0.971 bits per heavy atom. The molecule has 8 nitrogen and oxygen atoms in total. The number of aromatic nitrogens is 5. The second-order valence-electron chi connectivity index (χ2n) is 9.46. The molecule has 2 aliphatic rings. The molecule has 1 aliphatic heterocycles. The summed E-state index contributed by atoms with van der Waals surface area (Å²) in [7, 11) is 2.11. The Balaban J connectivity index is 1.33. The summed E-state index contributed by atoms with van der Waals surface area (Å²) in [5.41, 5.74) is 9.93. The number of benzene rings is 1. The van der Waals surface area contributed by atoms with Crippen LogP contribution in [0.15, 0.2) is 24.4 Å². The highest BCUT2D eigenvalue weighted by atomic mass is 19.1. The number of rotatable bonds is 4. The van der Waals surface area contributed by atoms with E-state index in [1.807, 2.05) is 18.3 Å². The minimum absolute atomic E-state index is 0.209. The fraction of sp³-hybridized carbons (Fsp3) is 0.520. The Morgan fingerprint density at radius 3 is 2.68 bits per heavy atom. The molecule has 1 aromatic carbocycles. The summed E-state index contributed by atoms with van der Waals surface area (Å²) in [4.78, 5) is 18.1. The highest BCUT2D eigenvalue weighted by Gasteiger charge is 2.18. The molecule has 0 radical (unpaired) electrons. The molecule has 0 spiro atoms. The van der Waals surface area contributed by atoms with E-state index in [1.54, 1.807) is 6.07 Å². The maximum Gasteiger partial charge on any atom is 0.254 e. The summed E-state index contributed by atoms with van der Waals surface area (Å²) in [6, 6.07) is 5.41. The van der Waals surface area contributed by atoms with Crippen LogP contribution in [0.4, 0.5) is 16.0 Å². The van der Waals surface area contributed by atoms with Crippen LogP contribution < -0.4 is 10.6 Å². The zero-order chi connectivity index (χ0) is 23.5. The zero-order valence-corrected chi connectivity index (χ0v) is 19.9. The van der Waals surface area contributed by atoms with Crippen molar-refractivity contribution >= 4 is 11.6 Å². The first-order valence-corrected chi connectivity index (χ1v) is 12.4. The van der Waals surface area contributed by atoms with Crippen LogP contribution in [0.25, 0.3) is 5.95 Å². The van der Waals surface area contributed by atoms with E-state index in [4.69, 9.17) is 10.7 Å². The van der Waals surface area contributed by atoms with Crippen LogP contribution >= 0.6 is 0 Å². The number of likely N-dealkylation sites (N-methyl/N-ethyl adjacent to an activating group) is 1. The molecule has 1 fully saturated rings. The third-order valence-electron chi connectivity index (χ3n) is 6.85. The monoisotopic (exact) mass is 464 g/mol. The van der Waals surface area contributed by atoms with Crippen LogP contribution in [0, 0.1) is 5.82 Å².